The fraction of sp³-hybridized carbons (Fsp3) is 0.417. The van der Waals surface area contributed by atoms with E-state index >= 15 is 0 Å². The first-order valence-electron chi connectivity index (χ1n) is 5.44. The molecule has 1 saturated heterocycles. The number of nitriles is 1. The van der Waals surface area contributed by atoms with Gasteiger partial charge in [0.25, 0.3) is 0 Å². The van der Waals surface area contributed by atoms with E-state index in [1.165, 1.54) is 0 Å². The van der Waals surface area contributed by atoms with Crippen LogP contribution >= 0.6 is 0 Å². The van der Waals surface area contributed by atoms with Crippen LogP contribution in [0, 0.1) is 11.3 Å². The van der Waals surface area contributed by atoms with Gasteiger partial charge in [0.15, 0.2) is 0 Å². The number of rotatable bonds is 2. The van der Waals surface area contributed by atoms with Gasteiger partial charge < -0.3 is 9.74 Å². The van der Waals surface area contributed by atoms with Crippen LogP contribution in [0.3, 0.4) is 0 Å². The lowest BCUT2D eigenvalue weighted by molar-refractivity contribution is 0.0368. The Morgan fingerprint density at radius 2 is 2.12 bits per heavy atom. The molecular weight excluding hydrogens is 202 g/mol. The molecule has 1 aromatic carbocycles. The smallest absolute Gasteiger partial charge is 0.0992 e. The molecule has 4 heteroatoms. The summed E-state index contributed by atoms with van der Waals surface area (Å²) < 4.78 is 0. The summed E-state index contributed by atoms with van der Waals surface area (Å²) in [5.74, 6) is 5.17. The van der Waals surface area contributed by atoms with E-state index in [0.717, 1.165) is 31.6 Å². The molecule has 1 fully saturated rings. The summed E-state index contributed by atoms with van der Waals surface area (Å²) >= 11 is 0. The highest BCUT2D eigenvalue weighted by Gasteiger charge is 2.19. The first-order valence-corrected chi connectivity index (χ1v) is 5.44. The molecule has 1 aromatic rings. The second kappa shape index (κ2) is 4.97. The second-order valence-electron chi connectivity index (χ2n) is 3.98. The maximum absolute atomic E-state index is 8.84. The van der Waals surface area contributed by atoms with Gasteiger partial charge >= 0.3 is 0 Å². The fourth-order valence-electron chi connectivity index (χ4n) is 2.02. The molecule has 0 spiro atoms. The fourth-order valence-corrected chi connectivity index (χ4v) is 2.02. The van der Waals surface area contributed by atoms with Crippen molar-refractivity contribution in [3.8, 4) is 6.07 Å². The second-order valence-corrected chi connectivity index (χ2v) is 3.98. The lowest BCUT2D eigenvalue weighted by Gasteiger charge is -2.32. The van der Waals surface area contributed by atoms with Gasteiger partial charge in [0.1, 0.15) is 0 Å². The highest BCUT2D eigenvalue weighted by atomic mass is 16.6. The predicted molar refractivity (Wildman–Crippen MR) is 61.7 cm³/mol. The first-order chi connectivity index (χ1) is 7.83. The quantitative estimate of drug-likeness (QED) is 0.761. The monoisotopic (exact) mass is 217 g/mol. The molecule has 2 N–H and O–H groups in total. The molecule has 1 aliphatic heterocycles. The zero-order valence-corrected chi connectivity index (χ0v) is 9.10. The van der Waals surface area contributed by atoms with E-state index in [1.54, 1.807) is 0 Å². The van der Waals surface area contributed by atoms with Crippen molar-refractivity contribution in [3.63, 3.8) is 0 Å². The molecular formula is C12H15N3O. The molecule has 0 amide bonds. The minimum absolute atomic E-state index is 0.176. The molecule has 2 rings (SSSR count). The highest BCUT2D eigenvalue weighted by molar-refractivity contribution is 5.51. The zero-order chi connectivity index (χ0) is 11.4. The summed E-state index contributed by atoms with van der Waals surface area (Å²) in [6.45, 7) is 1.85. The number of hydrogen-bond donors (Lipinski definition) is 1. The van der Waals surface area contributed by atoms with Crippen molar-refractivity contribution in [3.05, 3.63) is 29.8 Å². The highest BCUT2D eigenvalue weighted by Crippen LogP contribution is 2.21. The van der Waals surface area contributed by atoms with Crippen LogP contribution in [-0.2, 0) is 4.84 Å². The molecule has 0 radical (unpaired) electrons. The number of piperidine rings is 1. The maximum atomic E-state index is 8.84. The molecule has 16 heavy (non-hydrogen) atoms. The van der Waals surface area contributed by atoms with Crippen molar-refractivity contribution < 1.29 is 4.84 Å². The van der Waals surface area contributed by atoms with Crippen LogP contribution < -0.4 is 10.8 Å². The van der Waals surface area contributed by atoms with Crippen LogP contribution in [0.1, 0.15) is 18.4 Å². The molecule has 0 aromatic heterocycles. The van der Waals surface area contributed by atoms with Crippen molar-refractivity contribution >= 4 is 5.69 Å². The Hall–Kier alpha value is -1.57. The standard InChI is InChI=1S/C12H15N3O/c13-9-10-2-1-3-11(8-10)15-6-4-12(16-14)5-7-15/h1-3,8,12H,4-7,14H2. The van der Waals surface area contributed by atoms with Crippen molar-refractivity contribution in [2.75, 3.05) is 18.0 Å². The van der Waals surface area contributed by atoms with Gasteiger partial charge in [0.05, 0.1) is 17.7 Å². The van der Waals surface area contributed by atoms with Crippen molar-refractivity contribution in [2.45, 2.75) is 18.9 Å². The van der Waals surface area contributed by atoms with Crippen molar-refractivity contribution in [1.82, 2.24) is 0 Å². The zero-order valence-electron chi connectivity index (χ0n) is 9.10. The minimum Gasteiger partial charge on any atom is -0.371 e. The third kappa shape index (κ3) is 2.32. The topological polar surface area (TPSA) is 62.3 Å². The van der Waals surface area contributed by atoms with Crippen LogP contribution in [0.25, 0.3) is 0 Å². The van der Waals surface area contributed by atoms with Crippen LogP contribution in [0.15, 0.2) is 24.3 Å². The Kier molecular flexibility index (Phi) is 3.40. The van der Waals surface area contributed by atoms with Gasteiger partial charge in [-0.1, -0.05) is 6.07 Å². The van der Waals surface area contributed by atoms with Gasteiger partial charge in [-0.2, -0.15) is 5.26 Å². The molecule has 0 saturated carbocycles. The molecule has 1 aliphatic rings. The Balaban J connectivity index is 2.05. The van der Waals surface area contributed by atoms with Gasteiger partial charge in [-0.05, 0) is 31.0 Å². The summed E-state index contributed by atoms with van der Waals surface area (Å²) in [6, 6.07) is 9.84. The summed E-state index contributed by atoms with van der Waals surface area (Å²) in [5, 5.41) is 8.84. The van der Waals surface area contributed by atoms with E-state index in [0.29, 0.717) is 5.56 Å². The van der Waals surface area contributed by atoms with E-state index < -0.39 is 0 Å². The predicted octanol–water partition coefficient (Wildman–Crippen LogP) is 1.42. The van der Waals surface area contributed by atoms with Crippen LogP contribution in [0.2, 0.25) is 0 Å². The minimum atomic E-state index is 0.176. The largest absolute Gasteiger partial charge is 0.371 e. The average molecular weight is 217 g/mol. The molecule has 1 heterocycles. The Morgan fingerprint density at radius 1 is 1.38 bits per heavy atom. The van der Waals surface area contributed by atoms with Crippen molar-refractivity contribution in [2.24, 2.45) is 5.90 Å². The SMILES string of the molecule is N#Cc1cccc(N2CCC(ON)CC2)c1. The van der Waals surface area contributed by atoms with Crippen LogP contribution in [-0.4, -0.2) is 19.2 Å². The third-order valence-electron chi connectivity index (χ3n) is 2.97. The maximum Gasteiger partial charge on any atom is 0.0992 e. The summed E-state index contributed by atoms with van der Waals surface area (Å²) in [5.41, 5.74) is 1.81. The van der Waals surface area contributed by atoms with E-state index in [2.05, 4.69) is 11.0 Å². The van der Waals surface area contributed by atoms with Gasteiger partial charge in [0.2, 0.25) is 0 Å². The average Bonchev–Trinajstić information content (AvgIpc) is 2.39. The lowest BCUT2D eigenvalue weighted by Crippen LogP contribution is -2.38. The lowest BCUT2D eigenvalue weighted by atomic mass is 10.1. The summed E-state index contributed by atoms with van der Waals surface area (Å²) in [7, 11) is 0. The number of nitrogens with two attached hydrogens (primary N) is 1. The third-order valence-corrected chi connectivity index (χ3v) is 2.97. The Bertz CT molecular complexity index is 391. The van der Waals surface area contributed by atoms with Gasteiger partial charge in [-0.25, -0.2) is 5.90 Å². The molecule has 0 bridgehead atoms. The van der Waals surface area contributed by atoms with Crippen LogP contribution in [0.5, 0.6) is 0 Å². The van der Waals surface area contributed by atoms with E-state index in [4.69, 9.17) is 16.0 Å². The normalized spacial score (nSPS) is 17.1. The number of nitrogens with zero attached hydrogens (tertiary/aromatic N) is 2. The van der Waals surface area contributed by atoms with Gasteiger partial charge in [-0.3, -0.25) is 0 Å². The number of benzene rings is 1. The molecule has 0 aliphatic carbocycles. The van der Waals surface area contributed by atoms with E-state index in [9.17, 15) is 0 Å². The molecule has 4 nitrogen and oxygen atoms in total. The molecule has 0 atom stereocenters. The van der Waals surface area contributed by atoms with E-state index in [1.807, 2.05) is 24.3 Å². The Labute approximate surface area is 95.2 Å². The summed E-state index contributed by atoms with van der Waals surface area (Å²) in [4.78, 5) is 7.10. The first kappa shape index (κ1) is 10.9. The Morgan fingerprint density at radius 3 is 2.75 bits per heavy atom. The molecule has 84 valence electrons. The van der Waals surface area contributed by atoms with E-state index in [-0.39, 0.29) is 6.10 Å². The van der Waals surface area contributed by atoms with Gasteiger partial charge in [0, 0.05) is 18.8 Å². The number of hydrogen-bond acceptors (Lipinski definition) is 4. The molecule has 0 unspecified atom stereocenters. The van der Waals surface area contributed by atoms with Crippen molar-refractivity contribution in [1.29, 1.82) is 5.26 Å². The summed E-state index contributed by atoms with van der Waals surface area (Å²) in [6.07, 6.45) is 2.05. The number of anilines is 1. The van der Waals surface area contributed by atoms with Crippen LogP contribution in [0.4, 0.5) is 5.69 Å². The van der Waals surface area contributed by atoms with Gasteiger partial charge in [-0.15, -0.1) is 0 Å².